The molecule has 10 aromatic carbocycles. The van der Waals surface area contributed by atoms with Crippen LogP contribution in [0.2, 0.25) is 0 Å². The molecule has 10 rings (SSSR count). The maximum Gasteiger partial charge on any atom is 4.00 e. The molecule has 386 valence electrons. The van der Waals surface area contributed by atoms with Crippen molar-refractivity contribution in [3.05, 3.63) is 324 Å². The van der Waals surface area contributed by atoms with Gasteiger partial charge in [0.25, 0.3) is 0 Å². The molecule has 0 saturated heterocycles. The number of benzene rings is 9. The van der Waals surface area contributed by atoms with E-state index in [0.29, 0.717) is 0 Å². The molecule has 0 aromatic heterocycles. The molecule has 77 heavy (non-hydrogen) atoms. The van der Waals surface area contributed by atoms with Gasteiger partial charge < -0.3 is 37.2 Å². The van der Waals surface area contributed by atoms with Gasteiger partial charge in [0, 0.05) is 0 Å². The molecule has 0 aliphatic carbocycles. The topological polar surface area (TPSA) is 0 Å². The quantitative estimate of drug-likeness (QED) is 0.0683. The number of aryl methyl sites for hydroxylation is 3. The van der Waals surface area contributed by atoms with E-state index in [1.165, 1.54) is 106 Å². The molecule has 0 atom stereocenters. The van der Waals surface area contributed by atoms with Gasteiger partial charge in [0.15, 0.2) is 8.07 Å². The third-order valence-electron chi connectivity index (χ3n) is 15.8. The van der Waals surface area contributed by atoms with Crippen molar-refractivity contribution in [2.24, 2.45) is 0 Å². The average Bonchev–Trinajstić information content (AvgIpc) is 3.61. The van der Waals surface area contributed by atoms with Crippen LogP contribution in [0, 0.1) is 48.5 Å². The van der Waals surface area contributed by atoms with Crippen LogP contribution in [0.25, 0.3) is 0 Å². The predicted molar refractivity (Wildman–Crippen MR) is 314 cm³/mol. The maximum absolute atomic E-state index is 3.47. The van der Waals surface area contributed by atoms with Crippen molar-refractivity contribution < 1.29 is 58.9 Å². The summed E-state index contributed by atoms with van der Waals surface area (Å²) in [6.07, 6.45) is 5.15. The normalized spacial score (nSPS) is 10.9. The van der Waals surface area contributed by atoms with Gasteiger partial charge in [0.05, 0.1) is 0 Å². The molecule has 5 heteroatoms. The van der Waals surface area contributed by atoms with Crippen molar-refractivity contribution >= 4 is 28.8 Å². The van der Waals surface area contributed by atoms with E-state index in [1.54, 1.807) is 20.7 Å². The first-order chi connectivity index (χ1) is 35.6. The standard InChI is InChI=1S/C72H69Si.3ClH.Ti/c1-50-38-63(41-57-26-14-8-15-27-57)47-66(44-60-32-20-11-21-33-60)69(50)73(72-55(6)53(4)54(5)56(72)7,70-51(2)39-64(42-58-28-16-9-17-29-58)48-67(70)45-61-34-22-12-23-35-61)71-52(3)40-65(43-59-30-18-10-19-31-59)49-68(71)46-62-36-24-13-25-37-62;;;;/h8-40,47-49H,41-46H2,1-7H3;3*1H;/q-1;;;;+4/p-3. The van der Waals surface area contributed by atoms with Crippen LogP contribution in [0.5, 0.6) is 0 Å². The molecule has 0 spiro atoms. The summed E-state index contributed by atoms with van der Waals surface area (Å²) < 4.78 is 0. The monoisotopic (exact) mass is 1110 g/mol. The first kappa shape index (κ1) is 60.4. The summed E-state index contributed by atoms with van der Waals surface area (Å²) in [5.74, 6) is 0. The van der Waals surface area contributed by atoms with E-state index in [-0.39, 0.29) is 58.9 Å². The average molecular weight is 1120 g/mol. The zero-order valence-electron chi connectivity index (χ0n) is 45.7. The van der Waals surface area contributed by atoms with Crippen LogP contribution in [0.4, 0.5) is 0 Å². The number of halogens is 3. The van der Waals surface area contributed by atoms with E-state index in [0.717, 1.165) is 38.5 Å². The van der Waals surface area contributed by atoms with Crippen molar-refractivity contribution in [1.29, 1.82) is 0 Å². The molecule has 0 nitrogen and oxygen atoms in total. The SMILES string of the molecule is Cc1cc(Cc2ccccc2)cc(Cc2ccccc2)c1[Si](c1c(C)cc(Cc2ccccc2)cc1Cc1ccccc1)(c1c(C)cc(Cc2ccccc2)cc1Cc1ccccc1)c1c(C)c(C)c(C)[c-]1C.[Cl-].[Cl-].[Cl-].[Ti+4]. The summed E-state index contributed by atoms with van der Waals surface area (Å²) in [6.45, 7) is 17.1. The Bertz CT molecular complexity index is 3150. The van der Waals surface area contributed by atoms with Gasteiger partial charge in [-0.05, 0) is 142 Å². The van der Waals surface area contributed by atoms with Crippen LogP contribution in [0.15, 0.2) is 218 Å². The Hall–Kier alpha value is -5.87. The molecule has 0 saturated carbocycles. The summed E-state index contributed by atoms with van der Waals surface area (Å²) in [5, 5.41) is 6.21. The fraction of sp³-hybridized carbons (Fsp3) is 0.181. The molecule has 0 heterocycles. The van der Waals surface area contributed by atoms with Crippen LogP contribution >= 0.6 is 0 Å². The van der Waals surface area contributed by atoms with Crippen LogP contribution in [0.3, 0.4) is 0 Å². The van der Waals surface area contributed by atoms with Gasteiger partial charge in [-0.1, -0.05) is 263 Å². The van der Waals surface area contributed by atoms with Crippen LogP contribution in [0.1, 0.15) is 106 Å². The Kier molecular flexibility index (Phi) is 21.3. The van der Waals surface area contributed by atoms with Crippen LogP contribution < -0.4 is 58.0 Å². The number of rotatable bonds is 16. The molecule has 0 bridgehead atoms. The van der Waals surface area contributed by atoms with Gasteiger partial charge in [0.2, 0.25) is 0 Å². The second kappa shape index (κ2) is 27.1. The van der Waals surface area contributed by atoms with Gasteiger partial charge in [0.1, 0.15) is 0 Å². The molecule has 0 fully saturated rings. The Morgan fingerprint density at radius 1 is 0.299 bits per heavy atom. The second-order valence-corrected chi connectivity index (χ2v) is 24.4. The van der Waals surface area contributed by atoms with Crippen molar-refractivity contribution in [2.75, 3.05) is 0 Å². The van der Waals surface area contributed by atoms with Gasteiger partial charge in [-0.2, -0.15) is 27.4 Å². The number of hydrogen-bond donors (Lipinski definition) is 0. The van der Waals surface area contributed by atoms with Crippen molar-refractivity contribution in [3.63, 3.8) is 0 Å². The molecule has 0 N–H and O–H groups in total. The first-order valence-electron chi connectivity index (χ1n) is 26.4. The van der Waals surface area contributed by atoms with Gasteiger partial charge >= 0.3 is 21.7 Å². The minimum absolute atomic E-state index is 0. The fourth-order valence-corrected chi connectivity index (χ4v) is 19.5. The summed E-state index contributed by atoms with van der Waals surface area (Å²) in [7, 11) is -3.47. The summed E-state index contributed by atoms with van der Waals surface area (Å²) in [5.41, 5.74) is 26.3. The van der Waals surface area contributed by atoms with Gasteiger partial charge in [-0.15, -0.1) is 0 Å². The van der Waals surface area contributed by atoms with Crippen molar-refractivity contribution in [1.82, 2.24) is 0 Å². The molecular formula is C72H69Cl3SiTi. The van der Waals surface area contributed by atoms with E-state index >= 15 is 0 Å². The van der Waals surface area contributed by atoms with Gasteiger partial charge in [-0.25, -0.2) is 0 Å². The van der Waals surface area contributed by atoms with Crippen molar-refractivity contribution in [2.45, 2.75) is 87.0 Å². The third kappa shape index (κ3) is 13.0. The molecule has 10 aromatic rings. The van der Waals surface area contributed by atoms with Crippen LogP contribution in [-0.4, -0.2) is 8.07 Å². The Morgan fingerprint density at radius 2 is 0.532 bits per heavy atom. The third-order valence-corrected chi connectivity index (χ3v) is 21.7. The molecule has 0 aliphatic rings. The second-order valence-electron chi connectivity index (χ2n) is 20.9. The Labute approximate surface area is 495 Å². The van der Waals surface area contributed by atoms with E-state index in [4.69, 9.17) is 0 Å². The zero-order valence-corrected chi connectivity index (χ0v) is 50.5. The van der Waals surface area contributed by atoms with Crippen molar-refractivity contribution in [3.8, 4) is 0 Å². The van der Waals surface area contributed by atoms with E-state index in [1.807, 2.05) is 0 Å². The Balaban J connectivity index is 0.00000240. The Morgan fingerprint density at radius 3 is 0.753 bits per heavy atom. The summed E-state index contributed by atoms with van der Waals surface area (Å²) >= 11 is 0. The maximum atomic E-state index is 2.63. The minimum atomic E-state index is -3.47. The predicted octanol–water partition coefficient (Wildman–Crippen LogP) is 5.50. The largest absolute Gasteiger partial charge is 4.00 e. The smallest absolute Gasteiger partial charge is 1.00 e. The minimum Gasteiger partial charge on any atom is -1.00 e. The summed E-state index contributed by atoms with van der Waals surface area (Å²) in [4.78, 5) is 0. The number of hydrogen-bond acceptors (Lipinski definition) is 0. The van der Waals surface area contributed by atoms with E-state index in [9.17, 15) is 0 Å². The van der Waals surface area contributed by atoms with Crippen LogP contribution in [-0.2, 0) is 60.2 Å². The fourth-order valence-electron chi connectivity index (χ4n) is 12.6. The molecule has 0 amide bonds. The summed E-state index contributed by atoms with van der Waals surface area (Å²) in [6, 6.07) is 82.7. The van der Waals surface area contributed by atoms with E-state index < -0.39 is 8.07 Å². The molecule has 0 unspecified atom stereocenters. The molecule has 0 aliphatic heterocycles. The first-order valence-corrected chi connectivity index (χ1v) is 28.4. The van der Waals surface area contributed by atoms with Gasteiger partial charge in [-0.3, -0.25) is 0 Å². The van der Waals surface area contributed by atoms with E-state index in [2.05, 4.69) is 267 Å². The zero-order chi connectivity index (χ0) is 50.5. The molecule has 0 radical (unpaired) electrons. The molecular weight excluding hydrogens is 1050 g/mol.